The molecule has 0 saturated heterocycles. The Morgan fingerprint density at radius 1 is 1.43 bits per heavy atom. The van der Waals surface area contributed by atoms with E-state index in [0.717, 1.165) is 25.1 Å². The Bertz CT molecular complexity index is 702. The smallest absolute Gasteiger partial charge is 0.287 e. The van der Waals surface area contributed by atoms with Gasteiger partial charge in [-0.15, -0.1) is 11.3 Å². The summed E-state index contributed by atoms with van der Waals surface area (Å²) in [6.07, 6.45) is 2.26. The molecular formula is C15H13N3O2S. The molecule has 1 saturated carbocycles. The van der Waals surface area contributed by atoms with Crippen molar-refractivity contribution in [2.24, 2.45) is 0 Å². The van der Waals surface area contributed by atoms with Gasteiger partial charge in [-0.05, 0) is 36.4 Å². The molecular weight excluding hydrogens is 286 g/mol. The number of anilines is 1. The van der Waals surface area contributed by atoms with Gasteiger partial charge in [0.1, 0.15) is 11.6 Å². The van der Waals surface area contributed by atoms with Crippen molar-refractivity contribution >= 4 is 22.7 Å². The second-order valence-corrected chi connectivity index (χ2v) is 6.04. The van der Waals surface area contributed by atoms with Crippen molar-refractivity contribution in [3.05, 3.63) is 56.3 Å². The number of benzene rings is 1. The normalized spacial score (nSPS) is 13.7. The topological polar surface area (TPSA) is 70.2 Å². The predicted molar refractivity (Wildman–Crippen MR) is 81.3 cm³/mol. The van der Waals surface area contributed by atoms with Crippen LogP contribution in [0.4, 0.5) is 11.4 Å². The van der Waals surface area contributed by atoms with Crippen molar-refractivity contribution in [3.63, 3.8) is 0 Å². The van der Waals surface area contributed by atoms with E-state index in [0.29, 0.717) is 6.04 Å². The van der Waals surface area contributed by atoms with E-state index in [1.165, 1.54) is 10.9 Å². The van der Waals surface area contributed by atoms with E-state index in [9.17, 15) is 10.1 Å². The van der Waals surface area contributed by atoms with E-state index in [2.05, 4.69) is 11.0 Å². The van der Waals surface area contributed by atoms with Crippen LogP contribution in [0.1, 0.15) is 23.3 Å². The van der Waals surface area contributed by atoms with Crippen LogP contribution < -0.4 is 4.90 Å². The summed E-state index contributed by atoms with van der Waals surface area (Å²) in [5.74, 6) is 0. The van der Waals surface area contributed by atoms with Crippen LogP contribution in [0.2, 0.25) is 0 Å². The fraction of sp³-hybridized carbons (Fsp3) is 0.267. The maximum absolute atomic E-state index is 10.9. The zero-order valence-electron chi connectivity index (χ0n) is 11.2. The summed E-state index contributed by atoms with van der Waals surface area (Å²) in [6, 6.07) is 11.3. The summed E-state index contributed by atoms with van der Waals surface area (Å²) in [7, 11) is 0. The Hall–Kier alpha value is -2.39. The van der Waals surface area contributed by atoms with Crippen LogP contribution in [0.5, 0.6) is 0 Å². The van der Waals surface area contributed by atoms with Gasteiger partial charge in [-0.25, -0.2) is 0 Å². The van der Waals surface area contributed by atoms with Crippen LogP contribution in [0.25, 0.3) is 0 Å². The first-order chi connectivity index (χ1) is 10.2. The number of rotatable bonds is 5. The highest BCUT2D eigenvalue weighted by Crippen LogP contribution is 2.35. The third kappa shape index (κ3) is 2.88. The average Bonchev–Trinajstić information content (AvgIpc) is 3.20. The summed E-state index contributed by atoms with van der Waals surface area (Å²) in [5, 5.41) is 22.1. The Kier molecular flexibility index (Phi) is 3.59. The van der Waals surface area contributed by atoms with Crippen LogP contribution in [-0.4, -0.2) is 11.0 Å². The number of hydrogen-bond donors (Lipinski definition) is 0. The van der Waals surface area contributed by atoms with E-state index in [4.69, 9.17) is 5.26 Å². The number of nitro benzene ring substituents is 1. The summed E-state index contributed by atoms with van der Waals surface area (Å²) in [6.45, 7) is 0.783. The van der Waals surface area contributed by atoms with Crippen molar-refractivity contribution in [3.8, 4) is 6.07 Å². The van der Waals surface area contributed by atoms with Gasteiger partial charge in [-0.2, -0.15) is 5.26 Å². The highest BCUT2D eigenvalue weighted by Gasteiger charge is 2.30. The fourth-order valence-electron chi connectivity index (χ4n) is 2.34. The quantitative estimate of drug-likeness (QED) is 0.623. The molecule has 0 atom stereocenters. The minimum absolute atomic E-state index is 0.120. The molecule has 5 nitrogen and oxygen atoms in total. The molecule has 1 aromatic carbocycles. The van der Waals surface area contributed by atoms with Crippen molar-refractivity contribution in [1.29, 1.82) is 5.26 Å². The molecule has 0 aliphatic heterocycles. The van der Waals surface area contributed by atoms with E-state index in [-0.39, 0.29) is 11.3 Å². The molecule has 1 fully saturated rings. The molecule has 0 unspecified atom stereocenters. The Morgan fingerprint density at radius 3 is 2.81 bits per heavy atom. The largest absolute Gasteiger partial charge is 0.363 e. The SMILES string of the molecule is N#Cc1cc(N(Cc2cccs2)C2CC2)ccc1[N+](=O)[O-]. The first kappa shape index (κ1) is 13.6. The second-order valence-electron chi connectivity index (χ2n) is 5.01. The number of nitrogens with zero attached hydrogens (tertiary/aromatic N) is 3. The third-order valence-electron chi connectivity index (χ3n) is 3.52. The maximum atomic E-state index is 10.9. The zero-order chi connectivity index (χ0) is 14.8. The molecule has 6 heteroatoms. The van der Waals surface area contributed by atoms with Crippen LogP contribution in [-0.2, 0) is 6.54 Å². The van der Waals surface area contributed by atoms with Gasteiger partial charge in [0, 0.05) is 22.7 Å². The van der Waals surface area contributed by atoms with Gasteiger partial charge in [0.2, 0.25) is 0 Å². The lowest BCUT2D eigenvalue weighted by Crippen LogP contribution is -2.24. The molecule has 3 rings (SSSR count). The Labute approximate surface area is 126 Å². The highest BCUT2D eigenvalue weighted by molar-refractivity contribution is 7.09. The summed E-state index contributed by atoms with van der Waals surface area (Å²) >= 11 is 1.69. The molecule has 106 valence electrons. The van der Waals surface area contributed by atoms with Crippen molar-refractivity contribution in [1.82, 2.24) is 0 Å². The first-order valence-electron chi connectivity index (χ1n) is 6.66. The summed E-state index contributed by atoms with van der Waals surface area (Å²) in [4.78, 5) is 13.9. The van der Waals surface area contributed by atoms with Gasteiger partial charge in [-0.1, -0.05) is 6.07 Å². The lowest BCUT2D eigenvalue weighted by Gasteiger charge is -2.24. The molecule has 1 aromatic heterocycles. The average molecular weight is 299 g/mol. The lowest BCUT2D eigenvalue weighted by molar-refractivity contribution is -0.385. The maximum Gasteiger partial charge on any atom is 0.287 e. The van der Waals surface area contributed by atoms with E-state index < -0.39 is 4.92 Å². The highest BCUT2D eigenvalue weighted by atomic mass is 32.1. The standard InChI is InChI=1S/C15H13N3O2S/c16-9-11-8-13(5-6-15(11)18(19)20)17(12-3-4-12)10-14-2-1-7-21-14/h1-2,5-8,12H,3-4,10H2. The zero-order valence-corrected chi connectivity index (χ0v) is 12.0. The first-order valence-corrected chi connectivity index (χ1v) is 7.54. The van der Waals surface area contributed by atoms with Gasteiger partial charge in [0.05, 0.1) is 11.5 Å². The van der Waals surface area contributed by atoms with E-state index in [1.807, 2.05) is 17.5 Å². The number of hydrogen-bond acceptors (Lipinski definition) is 5. The molecule has 0 radical (unpaired) electrons. The van der Waals surface area contributed by atoms with Crippen LogP contribution >= 0.6 is 11.3 Å². The molecule has 0 bridgehead atoms. The van der Waals surface area contributed by atoms with Crippen LogP contribution in [0.15, 0.2) is 35.7 Å². The van der Waals surface area contributed by atoms with Gasteiger partial charge < -0.3 is 4.90 Å². The lowest BCUT2D eigenvalue weighted by atomic mass is 10.1. The van der Waals surface area contributed by atoms with Gasteiger partial charge in [0.25, 0.3) is 5.69 Å². The van der Waals surface area contributed by atoms with Crippen molar-refractivity contribution < 1.29 is 4.92 Å². The van der Waals surface area contributed by atoms with Crippen LogP contribution in [0.3, 0.4) is 0 Å². The van der Waals surface area contributed by atoms with Crippen molar-refractivity contribution in [2.75, 3.05) is 4.90 Å². The fourth-order valence-corrected chi connectivity index (χ4v) is 3.04. The molecule has 1 aliphatic rings. The number of nitriles is 1. The number of thiophene rings is 1. The molecule has 1 heterocycles. The summed E-state index contributed by atoms with van der Waals surface area (Å²) < 4.78 is 0. The summed E-state index contributed by atoms with van der Waals surface area (Å²) in [5.41, 5.74) is 0.871. The molecule has 21 heavy (non-hydrogen) atoms. The van der Waals surface area contributed by atoms with Gasteiger partial charge >= 0.3 is 0 Å². The van der Waals surface area contributed by atoms with Crippen molar-refractivity contribution in [2.45, 2.75) is 25.4 Å². The Morgan fingerprint density at radius 2 is 2.24 bits per heavy atom. The van der Waals surface area contributed by atoms with E-state index in [1.54, 1.807) is 23.5 Å². The monoisotopic (exact) mass is 299 g/mol. The minimum Gasteiger partial charge on any atom is -0.363 e. The minimum atomic E-state index is -0.511. The molecule has 0 N–H and O–H groups in total. The third-order valence-corrected chi connectivity index (χ3v) is 4.38. The molecule has 0 spiro atoms. The molecule has 2 aromatic rings. The van der Waals surface area contributed by atoms with Crippen LogP contribution in [0, 0.1) is 21.4 Å². The Balaban J connectivity index is 1.93. The van der Waals surface area contributed by atoms with Gasteiger partial charge in [0.15, 0.2) is 0 Å². The second kappa shape index (κ2) is 5.54. The predicted octanol–water partition coefficient (Wildman–Crippen LogP) is 3.70. The molecule has 0 amide bonds. The van der Waals surface area contributed by atoms with E-state index >= 15 is 0 Å². The van der Waals surface area contributed by atoms with Gasteiger partial charge in [-0.3, -0.25) is 10.1 Å². The number of nitro groups is 1. The molecule has 1 aliphatic carbocycles.